The first-order chi connectivity index (χ1) is 9.54. The van der Waals surface area contributed by atoms with Crippen LogP contribution in [0.25, 0.3) is 0 Å². The third-order valence-electron chi connectivity index (χ3n) is 3.27. The zero-order valence-electron chi connectivity index (χ0n) is 12.0. The maximum absolute atomic E-state index is 11.8. The first-order valence-electron chi connectivity index (χ1n) is 6.80. The highest BCUT2D eigenvalue weighted by molar-refractivity contribution is 5.75. The van der Waals surface area contributed by atoms with Crippen LogP contribution in [0.1, 0.15) is 18.9 Å². The van der Waals surface area contributed by atoms with Gasteiger partial charge in [-0.25, -0.2) is 4.79 Å². The Morgan fingerprint density at radius 2 is 1.95 bits per heavy atom. The van der Waals surface area contributed by atoms with Crippen molar-refractivity contribution in [2.45, 2.75) is 19.8 Å². The van der Waals surface area contributed by atoms with Crippen molar-refractivity contribution in [3.8, 4) is 0 Å². The summed E-state index contributed by atoms with van der Waals surface area (Å²) in [6.45, 7) is 2.56. The minimum Gasteiger partial charge on any atom is -0.481 e. The van der Waals surface area contributed by atoms with E-state index in [0.29, 0.717) is 13.0 Å². The third kappa shape index (κ3) is 5.30. The Balaban J connectivity index is 2.34. The van der Waals surface area contributed by atoms with E-state index in [9.17, 15) is 9.59 Å². The highest BCUT2D eigenvalue weighted by Gasteiger charge is 2.17. The average molecular weight is 278 g/mol. The average Bonchev–Trinajstić information content (AvgIpc) is 2.45. The molecule has 0 aliphatic carbocycles. The molecule has 1 aromatic rings. The Kier molecular flexibility index (Phi) is 6.56. The van der Waals surface area contributed by atoms with Crippen LogP contribution >= 0.6 is 0 Å². The molecule has 0 saturated carbocycles. The summed E-state index contributed by atoms with van der Waals surface area (Å²) in [5, 5.41) is 11.6. The SMILES string of the molecule is CCC(CNC(=O)N(C)CCc1ccccc1)C(=O)O. The lowest BCUT2D eigenvalue weighted by molar-refractivity contribution is -0.141. The Bertz CT molecular complexity index is 434. The van der Waals surface area contributed by atoms with Crippen molar-refractivity contribution in [2.75, 3.05) is 20.1 Å². The summed E-state index contributed by atoms with van der Waals surface area (Å²) in [6.07, 6.45) is 1.28. The number of hydrogen-bond donors (Lipinski definition) is 2. The van der Waals surface area contributed by atoms with Gasteiger partial charge in [0, 0.05) is 20.1 Å². The van der Waals surface area contributed by atoms with Crippen molar-refractivity contribution in [1.82, 2.24) is 10.2 Å². The minimum absolute atomic E-state index is 0.167. The number of hydrogen-bond acceptors (Lipinski definition) is 2. The van der Waals surface area contributed by atoms with E-state index in [4.69, 9.17) is 5.11 Å². The number of carboxylic acids is 1. The van der Waals surface area contributed by atoms with Crippen molar-refractivity contribution < 1.29 is 14.7 Å². The van der Waals surface area contributed by atoms with Crippen molar-refractivity contribution >= 4 is 12.0 Å². The van der Waals surface area contributed by atoms with Crippen molar-refractivity contribution in [2.24, 2.45) is 5.92 Å². The second kappa shape index (κ2) is 8.19. The number of benzene rings is 1. The number of carbonyl (C=O) groups is 2. The van der Waals surface area contributed by atoms with E-state index in [-0.39, 0.29) is 12.6 Å². The quantitative estimate of drug-likeness (QED) is 0.801. The minimum atomic E-state index is -0.875. The Morgan fingerprint density at radius 3 is 2.50 bits per heavy atom. The molecule has 2 amide bonds. The number of amides is 2. The van der Waals surface area contributed by atoms with E-state index < -0.39 is 11.9 Å². The lowest BCUT2D eigenvalue weighted by atomic mass is 10.1. The molecule has 0 bridgehead atoms. The fourth-order valence-electron chi connectivity index (χ4n) is 1.79. The second-order valence-electron chi connectivity index (χ2n) is 4.79. The number of aliphatic carboxylic acids is 1. The number of urea groups is 1. The second-order valence-corrected chi connectivity index (χ2v) is 4.79. The van der Waals surface area contributed by atoms with Gasteiger partial charge in [-0.2, -0.15) is 0 Å². The van der Waals surface area contributed by atoms with Crippen molar-refractivity contribution in [1.29, 1.82) is 0 Å². The molecule has 0 fully saturated rings. The van der Waals surface area contributed by atoms with E-state index in [2.05, 4.69) is 5.32 Å². The highest BCUT2D eigenvalue weighted by Crippen LogP contribution is 2.02. The first kappa shape index (κ1) is 16.0. The highest BCUT2D eigenvalue weighted by atomic mass is 16.4. The monoisotopic (exact) mass is 278 g/mol. The number of likely N-dealkylation sites (N-methyl/N-ethyl adjacent to an activating group) is 1. The maximum atomic E-state index is 11.8. The van der Waals surface area contributed by atoms with E-state index in [1.807, 2.05) is 30.3 Å². The van der Waals surface area contributed by atoms with Crippen molar-refractivity contribution in [3.63, 3.8) is 0 Å². The van der Waals surface area contributed by atoms with Gasteiger partial charge in [-0.05, 0) is 18.4 Å². The third-order valence-corrected chi connectivity index (χ3v) is 3.27. The van der Waals surface area contributed by atoms with Crippen LogP contribution < -0.4 is 5.32 Å². The van der Waals surface area contributed by atoms with Gasteiger partial charge in [0.05, 0.1) is 5.92 Å². The van der Waals surface area contributed by atoms with E-state index in [1.54, 1.807) is 18.9 Å². The van der Waals surface area contributed by atoms with Gasteiger partial charge in [-0.15, -0.1) is 0 Å². The lowest BCUT2D eigenvalue weighted by Gasteiger charge is -2.19. The van der Waals surface area contributed by atoms with Crippen LogP contribution in [-0.4, -0.2) is 42.1 Å². The molecule has 0 radical (unpaired) electrons. The van der Waals surface area contributed by atoms with E-state index in [0.717, 1.165) is 6.42 Å². The Hall–Kier alpha value is -2.04. The van der Waals surface area contributed by atoms with Crippen LogP contribution in [0.5, 0.6) is 0 Å². The van der Waals surface area contributed by atoms with Gasteiger partial charge in [-0.3, -0.25) is 4.79 Å². The van der Waals surface area contributed by atoms with Crippen LogP contribution in [0.2, 0.25) is 0 Å². The number of carboxylic acid groups (broad SMARTS) is 1. The smallest absolute Gasteiger partial charge is 0.317 e. The van der Waals surface area contributed by atoms with Gasteiger partial charge in [0.25, 0.3) is 0 Å². The summed E-state index contributed by atoms with van der Waals surface area (Å²) in [6, 6.07) is 9.69. The number of carbonyl (C=O) groups excluding carboxylic acids is 1. The van der Waals surface area contributed by atoms with E-state index >= 15 is 0 Å². The number of nitrogens with one attached hydrogen (secondary N) is 1. The summed E-state index contributed by atoms with van der Waals surface area (Å²) in [5.41, 5.74) is 1.17. The van der Waals surface area contributed by atoms with Gasteiger partial charge >= 0.3 is 12.0 Å². The predicted octanol–water partition coefficient (Wildman–Crippen LogP) is 1.98. The zero-order valence-corrected chi connectivity index (χ0v) is 12.0. The number of rotatable bonds is 7. The van der Waals surface area contributed by atoms with Crippen LogP contribution in [0.4, 0.5) is 4.79 Å². The molecule has 5 nitrogen and oxygen atoms in total. The molecule has 0 saturated heterocycles. The lowest BCUT2D eigenvalue weighted by Crippen LogP contribution is -2.41. The fourth-order valence-corrected chi connectivity index (χ4v) is 1.79. The predicted molar refractivity (Wildman–Crippen MR) is 77.6 cm³/mol. The number of nitrogens with zero attached hydrogens (tertiary/aromatic N) is 1. The van der Waals surface area contributed by atoms with Gasteiger partial charge in [0.1, 0.15) is 0 Å². The summed E-state index contributed by atoms with van der Waals surface area (Å²) >= 11 is 0. The van der Waals surface area contributed by atoms with E-state index in [1.165, 1.54) is 5.56 Å². The Labute approximate surface area is 119 Å². The van der Waals surface area contributed by atoms with Crippen LogP contribution in [0.3, 0.4) is 0 Å². The topological polar surface area (TPSA) is 69.6 Å². The van der Waals surface area contributed by atoms with Gasteiger partial charge < -0.3 is 15.3 Å². The molecular formula is C15H22N2O3. The summed E-state index contributed by atoms with van der Waals surface area (Å²) in [5.74, 6) is -1.40. The van der Waals surface area contributed by atoms with Crippen LogP contribution in [0, 0.1) is 5.92 Å². The van der Waals surface area contributed by atoms with Gasteiger partial charge in [0.2, 0.25) is 0 Å². The molecule has 1 atom stereocenters. The molecule has 0 aliphatic rings. The van der Waals surface area contributed by atoms with Crippen molar-refractivity contribution in [3.05, 3.63) is 35.9 Å². The molecule has 0 heterocycles. The molecule has 5 heteroatoms. The standard InChI is InChI=1S/C15H22N2O3/c1-3-13(14(18)19)11-16-15(20)17(2)10-9-12-7-5-4-6-8-12/h4-8,13H,3,9-11H2,1-2H3,(H,16,20)(H,18,19). The molecule has 20 heavy (non-hydrogen) atoms. The Morgan fingerprint density at radius 1 is 1.30 bits per heavy atom. The van der Waals surface area contributed by atoms with Gasteiger partial charge in [-0.1, -0.05) is 37.3 Å². The molecule has 1 rings (SSSR count). The van der Waals surface area contributed by atoms with Crippen LogP contribution in [-0.2, 0) is 11.2 Å². The summed E-state index contributed by atoms with van der Waals surface area (Å²) in [7, 11) is 1.71. The molecular weight excluding hydrogens is 256 g/mol. The maximum Gasteiger partial charge on any atom is 0.317 e. The largest absolute Gasteiger partial charge is 0.481 e. The summed E-state index contributed by atoms with van der Waals surface area (Å²) in [4.78, 5) is 24.3. The molecule has 2 N–H and O–H groups in total. The molecule has 1 aromatic carbocycles. The molecule has 0 aliphatic heterocycles. The first-order valence-corrected chi connectivity index (χ1v) is 6.80. The molecule has 0 spiro atoms. The molecule has 1 unspecified atom stereocenters. The zero-order chi connectivity index (χ0) is 15.0. The molecule has 110 valence electrons. The van der Waals surface area contributed by atoms with Crippen LogP contribution in [0.15, 0.2) is 30.3 Å². The summed E-state index contributed by atoms with van der Waals surface area (Å²) < 4.78 is 0. The normalized spacial score (nSPS) is 11.7. The fraction of sp³-hybridized carbons (Fsp3) is 0.467. The molecule has 0 aromatic heterocycles. The van der Waals surface area contributed by atoms with Gasteiger partial charge in [0.15, 0.2) is 0 Å².